The molecule has 0 spiro atoms. The first-order valence-corrected chi connectivity index (χ1v) is 4.04. The zero-order valence-electron chi connectivity index (χ0n) is 7.45. The maximum Gasteiger partial charge on any atom is 0.307 e. The minimum absolute atomic E-state index is 0.0780. The fourth-order valence-electron chi connectivity index (χ4n) is 1.71. The minimum atomic E-state index is -0.696. The summed E-state index contributed by atoms with van der Waals surface area (Å²) in [6.07, 6.45) is 5.41. The van der Waals surface area contributed by atoms with Crippen molar-refractivity contribution in [1.29, 1.82) is 0 Å². The number of carboxylic acid groups (broad SMARTS) is 1. The van der Waals surface area contributed by atoms with E-state index in [4.69, 9.17) is 5.11 Å². The Kier molecular flexibility index (Phi) is 2.09. The van der Waals surface area contributed by atoms with Crippen molar-refractivity contribution in [2.24, 2.45) is 17.3 Å². The molecule has 2 heteroatoms. The van der Waals surface area contributed by atoms with Gasteiger partial charge >= 0.3 is 5.97 Å². The SMILES string of the molecule is C=CC=C[C@@H]1[C@@H](C(=O)O)C1(C)C. The molecule has 1 aliphatic carbocycles. The van der Waals surface area contributed by atoms with E-state index in [9.17, 15) is 4.79 Å². The molecule has 1 aliphatic rings. The Morgan fingerprint density at radius 1 is 1.58 bits per heavy atom. The fourth-order valence-corrected chi connectivity index (χ4v) is 1.71. The first kappa shape index (κ1) is 9.04. The van der Waals surface area contributed by atoms with E-state index in [1.165, 1.54) is 0 Å². The summed E-state index contributed by atoms with van der Waals surface area (Å²) in [7, 11) is 0. The number of carboxylic acids is 1. The summed E-state index contributed by atoms with van der Waals surface area (Å²) in [6.45, 7) is 7.50. The number of hydrogen-bond donors (Lipinski definition) is 1. The van der Waals surface area contributed by atoms with Crippen molar-refractivity contribution in [3.8, 4) is 0 Å². The number of carbonyl (C=O) groups is 1. The molecule has 0 unspecified atom stereocenters. The maximum atomic E-state index is 10.7. The van der Waals surface area contributed by atoms with Crippen LogP contribution in [0, 0.1) is 17.3 Å². The summed E-state index contributed by atoms with van der Waals surface area (Å²) in [4.78, 5) is 10.7. The predicted octanol–water partition coefficient (Wildman–Crippen LogP) is 2.09. The monoisotopic (exact) mass is 166 g/mol. The highest BCUT2D eigenvalue weighted by molar-refractivity contribution is 5.76. The van der Waals surface area contributed by atoms with E-state index >= 15 is 0 Å². The second kappa shape index (κ2) is 2.77. The lowest BCUT2D eigenvalue weighted by molar-refractivity contribution is -0.139. The molecule has 1 N–H and O–H groups in total. The Hall–Kier alpha value is -1.05. The molecule has 0 aromatic rings. The van der Waals surface area contributed by atoms with Gasteiger partial charge in [0.2, 0.25) is 0 Å². The first-order valence-electron chi connectivity index (χ1n) is 4.04. The van der Waals surface area contributed by atoms with Crippen LogP contribution in [0.4, 0.5) is 0 Å². The van der Waals surface area contributed by atoms with Crippen molar-refractivity contribution in [3.05, 3.63) is 24.8 Å². The van der Waals surface area contributed by atoms with E-state index in [1.807, 2.05) is 26.0 Å². The third kappa shape index (κ3) is 1.29. The van der Waals surface area contributed by atoms with E-state index in [0.29, 0.717) is 0 Å². The molecule has 0 bridgehead atoms. The lowest BCUT2D eigenvalue weighted by atomic mass is 10.1. The van der Waals surface area contributed by atoms with Crippen molar-refractivity contribution in [3.63, 3.8) is 0 Å². The smallest absolute Gasteiger partial charge is 0.307 e. The summed E-state index contributed by atoms with van der Waals surface area (Å²) in [6, 6.07) is 0. The predicted molar refractivity (Wildman–Crippen MR) is 47.7 cm³/mol. The van der Waals surface area contributed by atoms with Gasteiger partial charge in [0.05, 0.1) is 5.92 Å². The topological polar surface area (TPSA) is 37.3 Å². The molecule has 2 nitrogen and oxygen atoms in total. The molecule has 12 heavy (non-hydrogen) atoms. The maximum absolute atomic E-state index is 10.7. The van der Waals surface area contributed by atoms with Gasteiger partial charge in [-0.05, 0) is 11.3 Å². The second-order valence-electron chi connectivity index (χ2n) is 3.78. The van der Waals surface area contributed by atoms with Crippen molar-refractivity contribution in [1.82, 2.24) is 0 Å². The highest BCUT2D eigenvalue weighted by atomic mass is 16.4. The molecule has 0 aromatic carbocycles. The van der Waals surface area contributed by atoms with Gasteiger partial charge in [0, 0.05) is 0 Å². The molecule has 0 aromatic heterocycles. The molecule has 0 amide bonds. The molecule has 1 fully saturated rings. The van der Waals surface area contributed by atoms with Crippen LogP contribution in [0.2, 0.25) is 0 Å². The van der Waals surface area contributed by atoms with E-state index in [2.05, 4.69) is 6.58 Å². The summed E-state index contributed by atoms with van der Waals surface area (Å²) >= 11 is 0. The van der Waals surface area contributed by atoms with Gasteiger partial charge in [0.25, 0.3) is 0 Å². The van der Waals surface area contributed by atoms with Gasteiger partial charge in [-0.1, -0.05) is 38.7 Å². The van der Waals surface area contributed by atoms with Crippen LogP contribution >= 0.6 is 0 Å². The lowest BCUT2D eigenvalue weighted by Gasteiger charge is -1.95. The van der Waals surface area contributed by atoms with Gasteiger partial charge in [0.1, 0.15) is 0 Å². The second-order valence-corrected chi connectivity index (χ2v) is 3.78. The average Bonchev–Trinajstić information content (AvgIpc) is 2.49. The lowest BCUT2D eigenvalue weighted by Crippen LogP contribution is -2.02. The third-order valence-corrected chi connectivity index (χ3v) is 2.63. The van der Waals surface area contributed by atoms with Crippen molar-refractivity contribution >= 4 is 5.97 Å². The quantitative estimate of drug-likeness (QED) is 0.652. The third-order valence-electron chi connectivity index (χ3n) is 2.63. The van der Waals surface area contributed by atoms with Gasteiger partial charge in [-0.3, -0.25) is 4.79 Å². The molecular weight excluding hydrogens is 152 g/mol. The van der Waals surface area contributed by atoms with Gasteiger partial charge < -0.3 is 5.11 Å². The number of rotatable bonds is 3. The van der Waals surface area contributed by atoms with Gasteiger partial charge in [-0.15, -0.1) is 0 Å². The van der Waals surface area contributed by atoms with Crippen molar-refractivity contribution in [2.75, 3.05) is 0 Å². The summed E-state index contributed by atoms with van der Waals surface area (Å²) in [5.74, 6) is -0.736. The zero-order valence-corrected chi connectivity index (χ0v) is 7.45. The van der Waals surface area contributed by atoms with Crippen LogP contribution in [0.1, 0.15) is 13.8 Å². The Balaban J connectivity index is 2.66. The van der Waals surface area contributed by atoms with E-state index in [1.54, 1.807) is 6.08 Å². The van der Waals surface area contributed by atoms with Gasteiger partial charge in [0.15, 0.2) is 0 Å². The normalized spacial score (nSPS) is 31.8. The molecule has 66 valence electrons. The number of allylic oxidation sites excluding steroid dienone is 3. The molecule has 0 saturated heterocycles. The van der Waals surface area contributed by atoms with Crippen LogP contribution in [0.5, 0.6) is 0 Å². The van der Waals surface area contributed by atoms with E-state index in [-0.39, 0.29) is 17.3 Å². The molecule has 1 rings (SSSR count). The van der Waals surface area contributed by atoms with Crippen LogP contribution < -0.4 is 0 Å². The summed E-state index contributed by atoms with van der Waals surface area (Å²) in [5, 5.41) is 8.80. The molecule has 2 atom stereocenters. The van der Waals surface area contributed by atoms with Crippen LogP contribution in [-0.2, 0) is 4.79 Å². The Morgan fingerprint density at radius 2 is 2.17 bits per heavy atom. The Labute approximate surface area is 72.6 Å². The van der Waals surface area contributed by atoms with Crippen LogP contribution in [0.25, 0.3) is 0 Å². The molecule has 0 aliphatic heterocycles. The minimum Gasteiger partial charge on any atom is -0.481 e. The van der Waals surface area contributed by atoms with Crippen molar-refractivity contribution < 1.29 is 9.90 Å². The molecular formula is C10H14O2. The van der Waals surface area contributed by atoms with Crippen molar-refractivity contribution in [2.45, 2.75) is 13.8 Å². The number of aliphatic carboxylic acids is 1. The molecule has 0 heterocycles. The van der Waals surface area contributed by atoms with E-state index in [0.717, 1.165) is 0 Å². The Bertz CT molecular complexity index is 238. The summed E-state index contributed by atoms with van der Waals surface area (Å²) < 4.78 is 0. The standard InChI is InChI=1S/C10H14O2/c1-4-5-6-7-8(9(11)12)10(7,2)3/h4-8H,1H2,2-3H3,(H,11,12)/t7-,8+/m1/s1. The highest BCUT2D eigenvalue weighted by Crippen LogP contribution is 2.58. The first-order chi connectivity index (χ1) is 5.51. The molecule has 0 radical (unpaired) electrons. The molecule has 1 saturated carbocycles. The zero-order chi connectivity index (χ0) is 9.35. The Morgan fingerprint density at radius 3 is 2.50 bits per heavy atom. The highest BCUT2D eigenvalue weighted by Gasteiger charge is 2.60. The van der Waals surface area contributed by atoms with Gasteiger partial charge in [-0.2, -0.15) is 0 Å². The van der Waals surface area contributed by atoms with Gasteiger partial charge in [-0.25, -0.2) is 0 Å². The van der Waals surface area contributed by atoms with Crippen LogP contribution in [0.15, 0.2) is 24.8 Å². The van der Waals surface area contributed by atoms with Crippen LogP contribution in [0.3, 0.4) is 0 Å². The largest absolute Gasteiger partial charge is 0.481 e. The average molecular weight is 166 g/mol. The number of hydrogen-bond acceptors (Lipinski definition) is 1. The van der Waals surface area contributed by atoms with E-state index < -0.39 is 5.97 Å². The fraction of sp³-hybridized carbons (Fsp3) is 0.500. The van der Waals surface area contributed by atoms with Crippen LogP contribution in [-0.4, -0.2) is 11.1 Å². The summed E-state index contributed by atoms with van der Waals surface area (Å²) in [5.41, 5.74) is -0.0780.